The lowest BCUT2D eigenvalue weighted by Gasteiger charge is -2.33. The first-order valence-corrected chi connectivity index (χ1v) is 5.61. The molecule has 86 valence electrons. The van der Waals surface area contributed by atoms with Gasteiger partial charge in [0, 0.05) is 13.5 Å². The lowest BCUT2D eigenvalue weighted by atomic mass is 10.0. The molecule has 0 spiro atoms. The average Bonchev–Trinajstić information content (AvgIpc) is 2.30. The fourth-order valence-corrected chi connectivity index (χ4v) is 2.07. The SMILES string of the molecule is CC(=O)N1CCOC(c2ccccc2C)C1. The molecule has 1 atom stereocenters. The normalized spacial score (nSPS) is 20.9. The molecular formula is C13H17NO2. The molecule has 1 unspecified atom stereocenters. The number of amides is 1. The molecule has 1 aliphatic rings. The van der Waals surface area contributed by atoms with Crippen LogP contribution in [0, 0.1) is 6.92 Å². The van der Waals surface area contributed by atoms with Crippen molar-refractivity contribution in [1.29, 1.82) is 0 Å². The van der Waals surface area contributed by atoms with E-state index < -0.39 is 0 Å². The smallest absolute Gasteiger partial charge is 0.219 e. The summed E-state index contributed by atoms with van der Waals surface area (Å²) in [5.74, 6) is 0.127. The van der Waals surface area contributed by atoms with Gasteiger partial charge in [-0.15, -0.1) is 0 Å². The van der Waals surface area contributed by atoms with Crippen LogP contribution in [0.5, 0.6) is 0 Å². The van der Waals surface area contributed by atoms with Crippen LogP contribution in [0.25, 0.3) is 0 Å². The molecule has 3 heteroatoms. The highest BCUT2D eigenvalue weighted by Crippen LogP contribution is 2.24. The largest absolute Gasteiger partial charge is 0.370 e. The number of ether oxygens (including phenoxy) is 1. The summed E-state index contributed by atoms with van der Waals surface area (Å²) in [6.07, 6.45) is 0.0267. The van der Waals surface area contributed by atoms with Crippen LogP contribution in [0.1, 0.15) is 24.2 Å². The summed E-state index contributed by atoms with van der Waals surface area (Å²) in [5, 5.41) is 0. The summed E-state index contributed by atoms with van der Waals surface area (Å²) in [4.78, 5) is 13.2. The van der Waals surface area contributed by atoms with Gasteiger partial charge in [0.05, 0.1) is 13.2 Å². The zero-order chi connectivity index (χ0) is 11.5. The zero-order valence-electron chi connectivity index (χ0n) is 9.77. The lowest BCUT2D eigenvalue weighted by Crippen LogP contribution is -2.41. The van der Waals surface area contributed by atoms with Crippen LogP contribution >= 0.6 is 0 Å². The van der Waals surface area contributed by atoms with E-state index in [9.17, 15) is 4.79 Å². The minimum Gasteiger partial charge on any atom is -0.370 e. The number of nitrogens with zero attached hydrogens (tertiary/aromatic N) is 1. The van der Waals surface area contributed by atoms with Gasteiger partial charge in [-0.1, -0.05) is 24.3 Å². The molecule has 3 nitrogen and oxygen atoms in total. The average molecular weight is 219 g/mol. The lowest BCUT2D eigenvalue weighted by molar-refractivity contribution is -0.136. The molecule has 1 saturated heterocycles. The maximum Gasteiger partial charge on any atom is 0.219 e. The summed E-state index contributed by atoms with van der Waals surface area (Å²) in [6.45, 7) is 5.68. The molecule has 0 N–H and O–H groups in total. The summed E-state index contributed by atoms with van der Waals surface area (Å²) < 4.78 is 5.73. The molecule has 0 aromatic heterocycles. The molecule has 1 aromatic carbocycles. The van der Waals surface area contributed by atoms with Crippen molar-refractivity contribution >= 4 is 5.91 Å². The van der Waals surface area contributed by atoms with E-state index in [4.69, 9.17) is 4.74 Å². The fourth-order valence-electron chi connectivity index (χ4n) is 2.07. The van der Waals surface area contributed by atoms with Crippen molar-refractivity contribution < 1.29 is 9.53 Å². The first-order valence-electron chi connectivity index (χ1n) is 5.61. The van der Waals surface area contributed by atoms with Gasteiger partial charge < -0.3 is 9.64 Å². The van der Waals surface area contributed by atoms with Gasteiger partial charge in [-0.3, -0.25) is 4.79 Å². The van der Waals surface area contributed by atoms with Crippen molar-refractivity contribution in [2.75, 3.05) is 19.7 Å². The third-order valence-corrected chi connectivity index (χ3v) is 3.05. The number of hydrogen-bond acceptors (Lipinski definition) is 2. The van der Waals surface area contributed by atoms with E-state index in [-0.39, 0.29) is 12.0 Å². The molecular weight excluding hydrogens is 202 g/mol. The molecule has 1 aromatic rings. The first kappa shape index (κ1) is 11.1. The van der Waals surface area contributed by atoms with Gasteiger partial charge in [-0.2, -0.15) is 0 Å². The van der Waals surface area contributed by atoms with Crippen LogP contribution < -0.4 is 0 Å². The Morgan fingerprint density at radius 2 is 2.19 bits per heavy atom. The molecule has 1 heterocycles. The molecule has 1 aliphatic heterocycles. The molecule has 1 amide bonds. The van der Waals surface area contributed by atoms with E-state index in [2.05, 4.69) is 19.1 Å². The van der Waals surface area contributed by atoms with E-state index in [0.29, 0.717) is 19.7 Å². The van der Waals surface area contributed by atoms with Crippen molar-refractivity contribution in [3.63, 3.8) is 0 Å². The zero-order valence-corrected chi connectivity index (χ0v) is 9.77. The van der Waals surface area contributed by atoms with E-state index in [1.807, 2.05) is 17.0 Å². The Bertz CT molecular complexity index is 389. The van der Waals surface area contributed by atoms with Crippen molar-refractivity contribution in [3.05, 3.63) is 35.4 Å². The molecule has 0 radical (unpaired) electrons. The first-order chi connectivity index (χ1) is 7.68. The van der Waals surface area contributed by atoms with Crippen LogP contribution in [0.3, 0.4) is 0 Å². The highest BCUT2D eigenvalue weighted by atomic mass is 16.5. The third-order valence-electron chi connectivity index (χ3n) is 3.05. The highest BCUT2D eigenvalue weighted by molar-refractivity contribution is 5.73. The van der Waals surface area contributed by atoms with Crippen LogP contribution in [0.15, 0.2) is 24.3 Å². The topological polar surface area (TPSA) is 29.5 Å². The van der Waals surface area contributed by atoms with Crippen molar-refractivity contribution in [3.8, 4) is 0 Å². The Kier molecular flexibility index (Phi) is 3.25. The van der Waals surface area contributed by atoms with Crippen LogP contribution in [-0.2, 0) is 9.53 Å². The van der Waals surface area contributed by atoms with Crippen molar-refractivity contribution in [1.82, 2.24) is 4.90 Å². The Morgan fingerprint density at radius 1 is 1.44 bits per heavy atom. The van der Waals surface area contributed by atoms with Gasteiger partial charge in [0.15, 0.2) is 0 Å². The molecule has 1 fully saturated rings. The van der Waals surface area contributed by atoms with Gasteiger partial charge in [0.2, 0.25) is 5.91 Å². The van der Waals surface area contributed by atoms with Crippen LogP contribution in [-0.4, -0.2) is 30.5 Å². The molecule has 16 heavy (non-hydrogen) atoms. The monoisotopic (exact) mass is 219 g/mol. The van der Waals surface area contributed by atoms with Crippen molar-refractivity contribution in [2.24, 2.45) is 0 Å². The Hall–Kier alpha value is -1.35. The van der Waals surface area contributed by atoms with Crippen molar-refractivity contribution in [2.45, 2.75) is 20.0 Å². The quantitative estimate of drug-likeness (QED) is 0.722. The number of hydrogen-bond donors (Lipinski definition) is 0. The molecule has 2 rings (SSSR count). The highest BCUT2D eigenvalue weighted by Gasteiger charge is 2.24. The number of carbonyl (C=O) groups is 1. The van der Waals surface area contributed by atoms with E-state index >= 15 is 0 Å². The third kappa shape index (κ3) is 2.25. The molecule has 0 aliphatic carbocycles. The number of morpholine rings is 1. The second kappa shape index (κ2) is 4.66. The van der Waals surface area contributed by atoms with Crippen LogP contribution in [0.4, 0.5) is 0 Å². The number of benzene rings is 1. The summed E-state index contributed by atoms with van der Waals surface area (Å²) in [7, 11) is 0. The second-order valence-corrected chi connectivity index (χ2v) is 4.18. The van der Waals surface area contributed by atoms with Crippen LogP contribution in [0.2, 0.25) is 0 Å². The van der Waals surface area contributed by atoms with E-state index in [1.54, 1.807) is 6.92 Å². The number of carbonyl (C=O) groups excluding carboxylic acids is 1. The predicted octanol–water partition coefficient (Wildman–Crippen LogP) is 1.91. The Balaban J connectivity index is 2.16. The van der Waals surface area contributed by atoms with E-state index in [0.717, 1.165) is 0 Å². The minimum absolute atomic E-state index is 0.0267. The Morgan fingerprint density at radius 3 is 2.88 bits per heavy atom. The van der Waals surface area contributed by atoms with Gasteiger partial charge in [-0.25, -0.2) is 0 Å². The number of rotatable bonds is 1. The standard InChI is InChI=1S/C13H17NO2/c1-10-5-3-4-6-12(10)13-9-14(11(2)15)7-8-16-13/h3-6,13H,7-9H2,1-2H3. The molecule has 0 bridgehead atoms. The van der Waals surface area contributed by atoms with Gasteiger partial charge in [0.1, 0.15) is 6.10 Å². The fraction of sp³-hybridized carbons (Fsp3) is 0.462. The maximum absolute atomic E-state index is 11.3. The van der Waals surface area contributed by atoms with Gasteiger partial charge >= 0.3 is 0 Å². The van der Waals surface area contributed by atoms with E-state index in [1.165, 1.54) is 11.1 Å². The second-order valence-electron chi connectivity index (χ2n) is 4.18. The summed E-state index contributed by atoms with van der Waals surface area (Å²) >= 11 is 0. The van der Waals surface area contributed by atoms with Gasteiger partial charge in [-0.05, 0) is 18.1 Å². The minimum atomic E-state index is 0.0267. The maximum atomic E-state index is 11.3. The summed E-state index contributed by atoms with van der Waals surface area (Å²) in [6, 6.07) is 8.18. The predicted molar refractivity (Wildman–Crippen MR) is 62.1 cm³/mol. The molecule has 0 saturated carbocycles. The number of aryl methyl sites for hydroxylation is 1. The van der Waals surface area contributed by atoms with Gasteiger partial charge in [0.25, 0.3) is 0 Å². The summed E-state index contributed by atoms with van der Waals surface area (Å²) in [5.41, 5.74) is 2.41. The Labute approximate surface area is 96.0 Å².